The molecule has 0 bridgehead atoms. The first kappa shape index (κ1) is 22.1. The zero-order chi connectivity index (χ0) is 22.4. The average Bonchev–Trinajstić information content (AvgIpc) is 3.50. The van der Waals surface area contributed by atoms with Crippen LogP contribution >= 0.6 is 12.4 Å². The smallest absolute Gasteiger partial charge is 0.134 e. The lowest BCUT2D eigenvalue weighted by atomic mass is 10.0. The third-order valence-corrected chi connectivity index (χ3v) is 6.12. The van der Waals surface area contributed by atoms with Gasteiger partial charge in [0.25, 0.3) is 0 Å². The number of halogens is 2. The summed E-state index contributed by atoms with van der Waals surface area (Å²) in [5.41, 5.74) is 6.85. The van der Waals surface area contributed by atoms with Crippen molar-refractivity contribution < 1.29 is 9.13 Å². The second-order valence-corrected chi connectivity index (χ2v) is 8.08. The third kappa shape index (κ3) is 3.70. The van der Waals surface area contributed by atoms with E-state index in [4.69, 9.17) is 4.74 Å². The van der Waals surface area contributed by atoms with E-state index >= 15 is 0 Å². The van der Waals surface area contributed by atoms with Crippen LogP contribution in [-0.4, -0.2) is 38.8 Å². The van der Waals surface area contributed by atoms with E-state index in [1.54, 1.807) is 16.8 Å². The largest absolute Gasteiger partial charge is 0.496 e. The molecule has 2 aromatic heterocycles. The fraction of sp³-hybridized carbons (Fsp3) is 0.160. The molecule has 0 fully saturated rings. The van der Waals surface area contributed by atoms with E-state index in [2.05, 4.69) is 44.0 Å². The highest BCUT2D eigenvalue weighted by Gasteiger charge is 2.17. The monoisotopic (exact) mass is 476 g/mol. The summed E-state index contributed by atoms with van der Waals surface area (Å²) >= 11 is 0. The quantitative estimate of drug-likeness (QED) is 0.393. The molecule has 0 unspecified atom stereocenters. The predicted octanol–water partition coefficient (Wildman–Crippen LogP) is 4.69. The van der Waals surface area contributed by atoms with Crippen molar-refractivity contribution in [2.75, 3.05) is 13.7 Å². The highest BCUT2D eigenvalue weighted by molar-refractivity contribution is 5.95. The van der Waals surface area contributed by atoms with Crippen molar-refractivity contribution >= 4 is 23.3 Å². The Labute approximate surface area is 201 Å². The Bertz CT molecular complexity index is 1490. The van der Waals surface area contributed by atoms with Crippen molar-refractivity contribution in [2.45, 2.75) is 13.0 Å². The molecule has 172 valence electrons. The summed E-state index contributed by atoms with van der Waals surface area (Å²) in [5.74, 6) is 0.138. The van der Waals surface area contributed by atoms with E-state index in [-0.39, 0.29) is 18.2 Å². The van der Waals surface area contributed by atoms with Gasteiger partial charge in [0.2, 0.25) is 0 Å². The van der Waals surface area contributed by atoms with Gasteiger partial charge in [-0.2, -0.15) is 5.10 Å². The number of rotatable bonds is 4. The molecule has 0 amide bonds. The Balaban J connectivity index is 0.00000241. The Morgan fingerprint density at radius 1 is 1.06 bits per heavy atom. The summed E-state index contributed by atoms with van der Waals surface area (Å²) in [4.78, 5) is 0. The molecule has 6 rings (SSSR count). The maximum absolute atomic E-state index is 14.6. The van der Waals surface area contributed by atoms with Gasteiger partial charge >= 0.3 is 0 Å². The van der Waals surface area contributed by atoms with Gasteiger partial charge in [-0.1, -0.05) is 23.4 Å². The van der Waals surface area contributed by atoms with Crippen molar-refractivity contribution in [3.05, 3.63) is 77.7 Å². The van der Waals surface area contributed by atoms with E-state index in [1.807, 2.05) is 24.4 Å². The average molecular weight is 477 g/mol. The number of aromatic nitrogens is 5. The van der Waals surface area contributed by atoms with Crippen LogP contribution in [0.25, 0.3) is 39.1 Å². The summed E-state index contributed by atoms with van der Waals surface area (Å²) in [5, 5.41) is 20.4. The van der Waals surface area contributed by atoms with E-state index in [1.165, 1.54) is 24.3 Å². The molecule has 0 radical (unpaired) electrons. The van der Waals surface area contributed by atoms with Gasteiger partial charge in [-0.15, -0.1) is 17.5 Å². The van der Waals surface area contributed by atoms with Crippen molar-refractivity contribution in [1.82, 2.24) is 30.5 Å². The Kier molecular flexibility index (Phi) is 5.77. The number of methoxy groups -OCH3 is 1. The molecule has 1 aliphatic heterocycles. The van der Waals surface area contributed by atoms with Gasteiger partial charge in [0.15, 0.2) is 0 Å². The number of aromatic amines is 1. The Morgan fingerprint density at radius 3 is 2.85 bits per heavy atom. The van der Waals surface area contributed by atoms with Gasteiger partial charge in [-0.3, -0.25) is 5.10 Å². The SMILES string of the molecule is COc1cccc(F)c1-c1ccc2[nH]nc(-c3cn(-c4ccc5c(c4)CNCC5)nn3)c2c1.Cl. The van der Waals surface area contributed by atoms with Crippen LogP contribution in [0.2, 0.25) is 0 Å². The summed E-state index contributed by atoms with van der Waals surface area (Å²) in [7, 11) is 1.54. The molecule has 0 saturated heterocycles. The standard InChI is InChI=1S/C25H21FN6O.ClH/c1-33-23-4-2-3-20(26)24(23)16-6-8-21-19(12-16)25(30-28-21)22-14-32(31-29-22)18-7-5-15-9-10-27-13-17(15)11-18;/h2-8,11-12,14,27H,9-10,13H2,1H3,(H,28,30);1H. The van der Waals surface area contributed by atoms with E-state index in [9.17, 15) is 4.39 Å². The molecule has 5 aromatic rings. The lowest BCUT2D eigenvalue weighted by Gasteiger charge is -2.17. The molecule has 0 aliphatic carbocycles. The summed E-state index contributed by atoms with van der Waals surface area (Å²) < 4.78 is 21.8. The number of nitrogens with zero attached hydrogens (tertiary/aromatic N) is 4. The van der Waals surface area contributed by atoms with Crippen LogP contribution < -0.4 is 10.1 Å². The molecular weight excluding hydrogens is 455 g/mol. The minimum Gasteiger partial charge on any atom is -0.496 e. The summed E-state index contributed by atoms with van der Waals surface area (Å²) in [6.45, 7) is 1.86. The van der Waals surface area contributed by atoms with Gasteiger partial charge in [0, 0.05) is 11.9 Å². The van der Waals surface area contributed by atoms with Gasteiger partial charge in [-0.05, 0) is 66.1 Å². The van der Waals surface area contributed by atoms with Crippen LogP contribution in [0.4, 0.5) is 4.39 Å². The molecule has 2 N–H and O–H groups in total. The zero-order valence-electron chi connectivity index (χ0n) is 18.4. The predicted molar refractivity (Wildman–Crippen MR) is 131 cm³/mol. The lowest BCUT2D eigenvalue weighted by Crippen LogP contribution is -2.23. The van der Waals surface area contributed by atoms with Gasteiger partial charge in [-0.25, -0.2) is 9.07 Å². The number of hydrogen-bond acceptors (Lipinski definition) is 5. The molecule has 1 aliphatic rings. The number of hydrogen-bond donors (Lipinski definition) is 2. The highest BCUT2D eigenvalue weighted by atomic mass is 35.5. The first-order valence-electron chi connectivity index (χ1n) is 10.8. The molecule has 3 heterocycles. The van der Waals surface area contributed by atoms with E-state index in [0.29, 0.717) is 28.3 Å². The Morgan fingerprint density at radius 2 is 1.97 bits per heavy atom. The number of fused-ring (bicyclic) bond motifs is 2. The summed E-state index contributed by atoms with van der Waals surface area (Å²) in [6.07, 6.45) is 2.90. The number of ether oxygens (including phenoxy) is 1. The molecule has 0 spiro atoms. The van der Waals surface area contributed by atoms with Gasteiger partial charge in [0.05, 0.1) is 30.1 Å². The number of H-pyrrole nitrogens is 1. The van der Waals surface area contributed by atoms with Crippen LogP contribution in [0.1, 0.15) is 11.1 Å². The maximum atomic E-state index is 14.6. The van der Waals surface area contributed by atoms with Crippen molar-refractivity contribution in [1.29, 1.82) is 0 Å². The second-order valence-electron chi connectivity index (χ2n) is 8.08. The topological polar surface area (TPSA) is 80.6 Å². The van der Waals surface area contributed by atoms with Gasteiger partial charge in [0.1, 0.15) is 23.0 Å². The van der Waals surface area contributed by atoms with E-state index in [0.717, 1.165) is 36.1 Å². The van der Waals surface area contributed by atoms with Crippen LogP contribution in [-0.2, 0) is 13.0 Å². The fourth-order valence-corrected chi connectivity index (χ4v) is 4.43. The van der Waals surface area contributed by atoms with Crippen LogP contribution in [0.3, 0.4) is 0 Å². The lowest BCUT2D eigenvalue weighted by molar-refractivity contribution is 0.413. The third-order valence-electron chi connectivity index (χ3n) is 6.12. The Hall–Kier alpha value is -3.75. The minimum atomic E-state index is -0.341. The first-order valence-corrected chi connectivity index (χ1v) is 10.8. The molecule has 9 heteroatoms. The number of nitrogens with one attached hydrogen (secondary N) is 2. The van der Waals surface area contributed by atoms with E-state index < -0.39 is 0 Å². The highest BCUT2D eigenvalue weighted by Crippen LogP contribution is 2.36. The van der Waals surface area contributed by atoms with Crippen LogP contribution in [0.15, 0.2) is 60.8 Å². The molecule has 7 nitrogen and oxygen atoms in total. The van der Waals surface area contributed by atoms with Crippen molar-refractivity contribution in [2.24, 2.45) is 0 Å². The molecule has 0 atom stereocenters. The van der Waals surface area contributed by atoms with Gasteiger partial charge < -0.3 is 10.1 Å². The van der Waals surface area contributed by atoms with Crippen molar-refractivity contribution in [3.63, 3.8) is 0 Å². The number of benzene rings is 3. The van der Waals surface area contributed by atoms with Crippen LogP contribution in [0.5, 0.6) is 5.75 Å². The normalized spacial score (nSPS) is 12.9. The molecule has 34 heavy (non-hydrogen) atoms. The summed E-state index contributed by atoms with van der Waals surface area (Å²) in [6, 6.07) is 16.8. The fourth-order valence-electron chi connectivity index (χ4n) is 4.43. The zero-order valence-corrected chi connectivity index (χ0v) is 19.2. The van der Waals surface area contributed by atoms with Crippen LogP contribution in [0, 0.1) is 5.82 Å². The first-order chi connectivity index (χ1) is 16.2. The second kappa shape index (κ2) is 8.89. The molecular formula is C25H22ClFN6O. The maximum Gasteiger partial charge on any atom is 0.134 e. The van der Waals surface area contributed by atoms with Crippen molar-refractivity contribution in [3.8, 4) is 34.0 Å². The molecule has 0 saturated carbocycles. The minimum absolute atomic E-state index is 0. The molecule has 3 aromatic carbocycles.